The molecule has 2 atom stereocenters. The van der Waals surface area contributed by atoms with Crippen molar-refractivity contribution in [2.45, 2.75) is 58.7 Å². The fourth-order valence-electron chi connectivity index (χ4n) is 2.71. The molecule has 3 nitrogen and oxygen atoms in total. The van der Waals surface area contributed by atoms with Crippen LogP contribution in [0.3, 0.4) is 0 Å². The van der Waals surface area contributed by atoms with E-state index >= 15 is 0 Å². The zero-order valence-corrected chi connectivity index (χ0v) is 10.7. The maximum atomic E-state index is 12.2. The van der Waals surface area contributed by atoms with E-state index in [4.69, 9.17) is 0 Å². The van der Waals surface area contributed by atoms with E-state index in [1.165, 1.54) is 19.3 Å². The largest absolute Gasteiger partial charge is 0.325 e. The van der Waals surface area contributed by atoms with E-state index in [0.717, 1.165) is 18.9 Å². The van der Waals surface area contributed by atoms with Crippen LogP contribution in [0, 0.1) is 11.8 Å². The number of nitrogens with zero attached hydrogens (tertiary/aromatic N) is 1. The van der Waals surface area contributed by atoms with Gasteiger partial charge in [-0.1, -0.05) is 27.2 Å². The van der Waals surface area contributed by atoms with E-state index in [9.17, 15) is 4.79 Å². The van der Waals surface area contributed by atoms with E-state index in [1.807, 2.05) is 0 Å². The van der Waals surface area contributed by atoms with Crippen LogP contribution in [-0.4, -0.2) is 29.6 Å². The van der Waals surface area contributed by atoms with E-state index < -0.39 is 0 Å². The predicted octanol–water partition coefficient (Wildman–Crippen LogP) is 1.98. The van der Waals surface area contributed by atoms with Gasteiger partial charge in [-0.05, 0) is 31.1 Å². The number of hydrogen-bond donors (Lipinski definition) is 1. The third kappa shape index (κ3) is 2.10. The van der Waals surface area contributed by atoms with E-state index in [0.29, 0.717) is 11.8 Å². The Kier molecular flexibility index (Phi) is 3.53. The first-order chi connectivity index (χ1) is 7.63. The van der Waals surface area contributed by atoms with Crippen molar-refractivity contribution >= 4 is 5.91 Å². The molecule has 0 radical (unpaired) electrons. The van der Waals surface area contributed by atoms with Crippen molar-refractivity contribution in [3.63, 3.8) is 0 Å². The minimum absolute atomic E-state index is 0.0625. The Morgan fingerprint density at radius 3 is 2.56 bits per heavy atom. The third-order valence-electron chi connectivity index (χ3n) is 4.01. The summed E-state index contributed by atoms with van der Waals surface area (Å²) in [6.45, 7) is 7.44. The average Bonchev–Trinajstić information content (AvgIpc) is 2.49. The number of rotatable bonds is 4. The molecular formula is C13H24N2O. The predicted molar refractivity (Wildman–Crippen MR) is 64.9 cm³/mol. The highest BCUT2D eigenvalue weighted by Crippen LogP contribution is 2.30. The van der Waals surface area contributed by atoms with Gasteiger partial charge >= 0.3 is 0 Å². The van der Waals surface area contributed by atoms with E-state index in [2.05, 4.69) is 31.0 Å². The molecule has 1 saturated heterocycles. The molecule has 16 heavy (non-hydrogen) atoms. The molecule has 1 aliphatic carbocycles. The van der Waals surface area contributed by atoms with E-state index in [-0.39, 0.29) is 12.2 Å². The van der Waals surface area contributed by atoms with Gasteiger partial charge in [0, 0.05) is 6.54 Å². The molecule has 0 spiro atoms. The second kappa shape index (κ2) is 4.74. The summed E-state index contributed by atoms with van der Waals surface area (Å²) in [5.41, 5.74) is 0. The normalized spacial score (nSPS) is 31.2. The van der Waals surface area contributed by atoms with Gasteiger partial charge in [0.15, 0.2) is 0 Å². The zero-order valence-electron chi connectivity index (χ0n) is 10.7. The SMILES string of the molecule is CCC1NC(C(C)C)N(CC2CCC2)C1=O. The van der Waals surface area contributed by atoms with Crippen molar-refractivity contribution in [3.05, 3.63) is 0 Å². The molecule has 2 fully saturated rings. The lowest BCUT2D eigenvalue weighted by molar-refractivity contribution is -0.131. The van der Waals surface area contributed by atoms with Crippen LogP contribution >= 0.6 is 0 Å². The first-order valence-electron chi connectivity index (χ1n) is 6.70. The van der Waals surface area contributed by atoms with Crippen LogP contribution in [0.15, 0.2) is 0 Å². The van der Waals surface area contributed by atoms with Gasteiger partial charge in [-0.25, -0.2) is 0 Å². The summed E-state index contributed by atoms with van der Waals surface area (Å²) in [6.07, 6.45) is 5.14. The van der Waals surface area contributed by atoms with Gasteiger partial charge in [0.05, 0.1) is 12.2 Å². The Bertz CT molecular complexity index is 261. The van der Waals surface area contributed by atoms with Crippen molar-refractivity contribution in [2.75, 3.05) is 6.54 Å². The summed E-state index contributed by atoms with van der Waals surface area (Å²) in [5, 5.41) is 3.47. The fraction of sp³-hybridized carbons (Fsp3) is 0.923. The highest BCUT2D eigenvalue weighted by atomic mass is 16.2. The van der Waals surface area contributed by atoms with Crippen LogP contribution in [0.2, 0.25) is 0 Å². The Labute approximate surface area is 98.6 Å². The monoisotopic (exact) mass is 224 g/mol. The number of amides is 1. The second-order valence-corrected chi connectivity index (χ2v) is 5.60. The topological polar surface area (TPSA) is 32.3 Å². The number of carbonyl (C=O) groups is 1. The molecule has 0 aromatic carbocycles. The van der Waals surface area contributed by atoms with Crippen molar-refractivity contribution < 1.29 is 4.79 Å². The minimum Gasteiger partial charge on any atom is -0.325 e. The molecule has 2 rings (SSSR count). The first-order valence-corrected chi connectivity index (χ1v) is 6.70. The van der Waals surface area contributed by atoms with E-state index in [1.54, 1.807) is 0 Å². The van der Waals surface area contributed by atoms with Crippen LogP contribution in [-0.2, 0) is 4.79 Å². The molecule has 0 aromatic heterocycles. The van der Waals surface area contributed by atoms with Gasteiger partial charge in [0.25, 0.3) is 0 Å². The van der Waals surface area contributed by atoms with Gasteiger partial charge in [-0.3, -0.25) is 10.1 Å². The smallest absolute Gasteiger partial charge is 0.241 e. The molecule has 0 bridgehead atoms. The molecular weight excluding hydrogens is 200 g/mol. The van der Waals surface area contributed by atoms with Gasteiger partial charge in [-0.2, -0.15) is 0 Å². The zero-order chi connectivity index (χ0) is 11.7. The summed E-state index contributed by atoms with van der Waals surface area (Å²) in [4.78, 5) is 14.3. The minimum atomic E-state index is 0.0625. The Morgan fingerprint density at radius 1 is 1.44 bits per heavy atom. The maximum absolute atomic E-state index is 12.2. The highest BCUT2D eigenvalue weighted by molar-refractivity contribution is 5.84. The summed E-state index contributed by atoms with van der Waals surface area (Å²) in [7, 11) is 0. The van der Waals surface area contributed by atoms with Crippen LogP contribution in [0.5, 0.6) is 0 Å². The fourth-order valence-corrected chi connectivity index (χ4v) is 2.71. The van der Waals surface area contributed by atoms with Gasteiger partial charge in [-0.15, -0.1) is 0 Å². The van der Waals surface area contributed by atoms with Crippen LogP contribution in [0.1, 0.15) is 46.5 Å². The molecule has 1 amide bonds. The molecule has 3 heteroatoms. The highest BCUT2D eigenvalue weighted by Gasteiger charge is 2.40. The summed E-state index contributed by atoms with van der Waals surface area (Å²) >= 11 is 0. The third-order valence-corrected chi connectivity index (χ3v) is 4.01. The molecule has 1 heterocycles. The number of hydrogen-bond acceptors (Lipinski definition) is 2. The molecule has 0 aromatic rings. The molecule has 2 aliphatic rings. The summed E-state index contributed by atoms with van der Waals surface area (Å²) < 4.78 is 0. The molecule has 92 valence electrons. The summed E-state index contributed by atoms with van der Waals surface area (Å²) in [5.74, 6) is 1.59. The van der Waals surface area contributed by atoms with Crippen molar-refractivity contribution in [1.29, 1.82) is 0 Å². The lowest BCUT2D eigenvalue weighted by Gasteiger charge is -2.34. The molecule has 1 aliphatic heterocycles. The Hall–Kier alpha value is -0.570. The van der Waals surface area contributed by atoms with Crippen LogP contribution in [0.4, 0.5) is 0 Å². The van der Waals surface area contributed by atoms with Crippen molar-refractivity contribution in [1.82, 2.24) is 10.2 Å². The standard InChI is InChI=1S/C13H24N2O/c1-4-11-13(16)15(8-10-6-5-7-10)12(14-11)9(2)3/h9-12,14H,4-8H2,1-3H3. The summed E-state index contributed by atoms with van der Waals surface area (Å²) in [6, 6.07) is 0.0625. The van der Waals surface area contributed by atoms with Gasteiger partial charge < -0.3 is 4.90 Å². The number of carbonyl (C=O) groups excluding carboxylic acids is 1. The van der Waals surface area contributed by atoms with Crippen LogP contribution < -0.4 is 5.32 Å². The Balaban J connectivity index is 2.02. The Morgan fingerprint density at radius 2 is 2.12 bits per heavy atom. The molecule has 2 unspecified atom stereocenters. The average molecular weight is 224 g/mol. The lowest BCUT2D eigenvalue weighted by Crippen LogP contribution is -2.44. The second-order valence-electron chi connectivity index (χ2n) is 5.60. The molecule has 1 N–H and O–H groups in total. The van der Waals surface area contributed by atoms with Gasteiger partial charge in [0.1, 0.15) is 0 Å². The quantitative estimate of drug-likeness (QED) is 0.792. The van der Waals surface area contributed by atoms with Crippen LogP contribution in [0.25, 0.3) is 0 Å². The maximum Gasteiger partial charge on any atom is 0.241 e. The molecule has 1 saturated carbocycles. The van der Waals surface area contributed by atoms with Gasteiger partial charge in [0.2, 0.25) is 5.91 Å². The lowest BCUT2D eigenvalue weighted by atomic mass is 9.85. The van der Waals surface area contributed by atoms with Crippen molar-refractivity contribution in [2.24, 2.45) is 11.8 Å². The van der Waals surface area contributed by atoms with Crippen molar-refractivity contribution in [3.8, 4) is 0 Å². The first kappa shape index (κ1) is 11.9. The number of nitrogens with one attached hydrogen (secondary N) is 1.